The van der Waals surface area contributed by atoms with E-state index >= 15 is 0 Å². The minimum atomic E-state index is -0.230. The molecule has 3 rings (SSSR count). The van der Waals surface area contributed by atoms with Crippen LogP contribution in [0.5, 0.6) is 5.75 Å². The summed E-state index contributed by atoms with van der Waals surface area (Å²) >= 11 is 1.43. The van der Waals surface area contributed by atoms with Crippen LogP contribution in [0.3, 0.4) is 0 Å². The normalized spacial score (nSPS) is 10.3. The quantitative estimate of drug-likeness (QED) is 0.793. The zero-order chi connectivity index (χ0) is 16.2. The molecule has 23 heavy (non-hydrogen) atoms. The molecule has 0 saturated heterocycles. The molecule has 5 nitrogen and oxygen atoms in total. The minimum absolute atomic E-state index is 0.230. The molecule has 6 heteroatoms. The molecule has 1 aromatic carbocycles. The van der Waals surface area contributed by atoms with Crippen molar-refractivity contribution in [2.24, 2.45) is 0 Å². The summed E-state index contributed by atoms with van der Waals surface area (Å²) < 4.78 is 5.14. The number of amides is 1. The summed E-state index contributed by atoms with van der Waals surface area (Å²) in [6.45, 7) is 1.88. The minimum Gasteiger partial charge on any atom is -0.497 e. The highest BCUT2D eigenvalue weighted by Crippen LogP contribution is 2.26. The molecule has 3 aromatic rings. The van der Waals surface area contributed by atoms with Crippen molar-refractivity contribution in [3.05, 3.63) is 59.4 Å². The van der Waals surface area contributed by atoms with Gasteiger partial charge in [-0.1, -0.05) is 0 Å². The van der Waals surface area contributed by atoms with Gasteiger partial charge in [0.2, 0.25) is 0 Å². The van der Waals surface area contributed by atoms with Crippen LogP contribution in [0.4, 0.5) is 5.69 Å². The molecule has 0 bridgehead atoms. The van der Waals surface area contributed by atoms with Crippen molar-refractivity contribution < 1.29 is 9.53 Å². The molecule has 2 aromatic heterocycles. The number of hydrogen-bond donors (Lipinski definition) is 1. The summed E-state index contributed by atoms with van der Waals surface area (Å²) in [5.41, 5.74) is 2.91. The van der Waals surface area contributed by atoms with E-state index in [1.165, 1.54) is 11.3 Å². The van der Waals surface area contributed by atoms with Crippen molar-refractivity contribution in [3.8, 4) is 16.3 Å². The van der Waals surface area contributed by atoms with Gasteiger partial charge >= 0.3 is 0 Å². The molecule has 0 aliphatic heterocycles. The largest absolute Gasteiger partial charge is 0.497 e. The van der Waals surface area contributed by atoms with E-state index in [-0.39, 0.29) is 5.91 Å². The Labute approximate surface area is 138 Å². The Morgan fingerprint density at radius 1 is 1.22 bits per heavy atom. The average Bonchev–Trinajstić information content (AvgIpc) is 3.05. The van der Waals surface area contributed by atoms with Gasteiger partial charge < -0.3 is 10.1 Å². The number of thiazole rings is 1. The van der Waals surface area contributed by atoms with Crippen molar-refractivity contribution in [2.75, 3.05) is 12.4 Å². The highest BCUT2D eigenvalue weighted by Gasteiger charge is 2.12. The lowest BCUT2D eigenvalue weighted by molar-refractivity contribution is 0.102. The maximum atomic E-state index is 12.3. The van der Waals surface area contributed by atoms with E-state index in [1.807, 2.05) is 37.3 Å². The van der Waals surface area contributed by atoms with Crippen molar-refractivity contribution in [2.45, 2.75) is 6.92 Å². The van der Waals surface area contributed by atoms with Gasteiger partial charge in [0.15, 0.2) is 0 Å². The molecule has 1 N–H and O–H groups in total. The Morgan fingerprint density at radius 2 is 2.00 bits per heavy atom. The van der Waals surface area contributed by atoms with Crippen molar-refractivity contribution in [1.82, 2.24) is 9.97 Å². The lowest BCUT2D eigenvalue weighted by Gasteiger charge is -2.03. The number of methoxy groups -OCH3 is 1. The topological polar surface area (TPSA) is 64.1 Å². The standard InChI is InChI=1S/C17H15N3O2S/c1-11-9-13(7-8-18-11)19-16(21)15-10-23-17(20-15)12-3-5-14(22-2)6-4-12/h3-10H,1-2H3,(H,18,19,21). The van der Waals surface area contributed by atoms with E-state index in [0.29, 0.717) is 11.4 Å². The number of pyridine rings is 1. The summed E-state index contributed by atoms with van der Waals surface area (Å²) in [5, 5.41) is 5.38. The second-order valence-corrected chi connectivity index (χ2v) is 5.76. The Kier molecular flexibility index (Phi) is 4.34. The maximum Gasteiger partial charge on any atom is 0.275 e. The van der Waals surface area contributed by atoms with Gasteiger partial charge in [-0.15, -0.1) is 11.3 Å². The van der Waals surface area contributed by atoms with E-state index < -0.39 is 0 Å². The third-order valence-corrected chi connectivity index (χ3v) is 4.12. The lowest BCUT2D eigenvalue weighted by Crippen LogP contribution is -2.12. The molecule has 0 saturated carbocycles. The first-order valence-corrected chi connectivity index (χ1v) is 7.87. The number of aryl methyl sites for hydroxylation is 1. The average molecular weight is 325 g/mol. The number of nitrogens with one attached hydrogen (secondary N) is 1. The predicted molar refractivity (Wildman–Crippen MR) is 91.0 cm³/mol. The smallest absolute Gasteiger partial charge is 0.275 e. The van der Waals surface area contributed by atoms with E-state index in [2.05, 4.69) is 15.3 Å². The van der Waals surface area contributed by atoms with Crippen LogP contribution in [0.2, 0.25) is 0 Å². The first kappa shape index (κ1) is 15.2. The fourth-order valence-electron chi connectivity index (χ4n) is 2.06. The lowest BCUT2D eigenvalue weighted by atomic mass is 10.2. The van der Waals surface area contributed by atoms with E-state index in [0.717, 1.165) is 22.0 Å². The molecular weight excluding hydrogens is 310 g/mol. The number of carbonyl (C=O) groups excluding carboxylic acids is 1. The van der Waals surface area contributed by atoms with Gasteiger partial charge in [-0.2, -0.15) is 0 Å². The second-order valence-electron chi connectivity index (χ2n) is 4.91. The van der Waals surface area contributed by atoms with Crippen LogP contribution in [0.25, 0.3) is 10.6 Å². The molecule has 0 atom stereocenters. The third-order valence-electron chi connectivity index (χ3n) is 3.23. The number of aromatic nitrogens is 2. The molecule has 0 spiro atoms. The molecule has 1 amide bonds. The number of anilines is 1. The number of benzene rings is 1. The van der Waals surface area contributed by atoms with Crippen LogP contribution >= 0.6 is 11.3 Å². The summed E-state index contributed by atoms with van der Waals surface area (Å²) in [6, 6.07) is 11.2. The molecule has 0 radical (unpaired) electrons. The van der Waals surface area contributed by atoms with Crippen LogP contribution in [0.15, 0.2) is 48.0 Å². The van der Waals surface area contributed by atoms with Crippen LogP contribution in [-0.4, -0.2) is 23.0 Å². The van der Waals surface area contributed by atoms with Crippen LogP contribution in [0, 0.1) is 6.92 Å². The highest BCUT2D eigenvalue weighted by atomic mass is 32.1. The number of ether oxygens (including phenoxy) is 1. The molecule has 0 fully saturated rings. The Bertz CT molecular complexity index is 828. The number of rotatable bonds is 4. The fourth-order valence-corrected chi connectivity index (χ4v) is 2.87. The van der Waals surface area contributed by atoms with Gasteiger partial charge in [-0.05, 0) is 43.3 Å². The second kappa shape index (κ2) is 6.58. The van der Waals surface area contributed by atoms with Gasteiger partial charge in [-0.3, -0.25) is 9.78 Å². The van der Waals surface area contributed by atoms with Gasteiger partial charge in [-0.25, -0.2) is 4.98 Å². The molecule has 0 unspecified atom stereocenters. The van der Waals surface area contributed by atoms with E-state index in [1.54, 1.807) is 24.8 Å². The van der Waals surface area contributed by atoms with E-state index in [9.17, 15) is 4.79 Å². The van der Waals surface area contributed by atoms with Gasteiger partial charge in [0.25, 0.3) is 5.91 Å². The number of hydrogen-bond acceptors (Lipinski definition) is 5. The maximum absolute atomic E-state index is 12.3. The van der Waals surface area contributed by atoms with Crippen LogP contribution < -0.4 is 10.1 Å². The summed E-state index contributed by atoms with van der Waals surface area (Å²) in [7, 11) is 1.63. The number of carbonyl (C=O) groups is 1. The molecule has 0 aliphatic rings. The van der Waals surface area contributed by atoms with E-state index in [4.69, 9.17) is 4.74 Å². The highest BCUT2D eigenvalue weighted by molar-refractivity contribution is 7.13. The Morgan fingerprint density at radius 3 is 2.70 bits per heavy atom. The summed E-state index contributed by atoms with van der Waals surface area (Å²) in [6.07, 6.45) is 1.66. The Balaban J connectivity index is 1.76. The molecule has 0 aliphatic carbocycles. The first-order chi connectivity index (χ1) is 11.2. The van der Waals surface area contributed by atoms with Crippen molar-refractivity contribution >= 4 is 22.9 Å². The number of nitrogens with zero attached hydrogens (tertiary/aromatic N) is 2. The third kappa shape index (κ3) is 3.54. The monoisotopic (exact) mass is 325 g/mol. The van der Waals surface area contributed by atoms with Crippen molar-refractivity contribution in [1.29, 1.82) is 0 Å². The van der Waals surface area contributed by atoms with Crippen molar-refractivity contribution in [3.63, 3.8) is 0 Å². The summed E-state index contributed by atoms with van der Waals surface area (Å²) in [5.74, 6) is 0.558. The van der Waals surface area contributed by atoms with Gasteiger partial charge in [0.1, 0.15) is 16.5 Å². The summed E-state index contributed by atoms with van der Waals surface area (Å²) in [4.78, 5) is 20.8. The zero-order valence-corrected chi connectivity index (χ0v) is 13.6. The van der Waals surface area contributed by atoms with Crippen LogP contribution in [0.1, 0.15) is 16.2 Å². The zero-order valence-electron chi connectivity index (χ0n) is 12.7. The fraction of sp³-hybridized carbons (Fsp3) is 0.118. The van der Waals surface area contributed by atoms with Gasteiger partial charge in [0.05, 0.1) is 7.11 Å². The van der Waals surface area contributed by atoms with Crippen LogP contribution in [-0.2, 0) is 0 Å². The van der Waals surface area contributed by atoms with Gasteiger partial charge in [0, 0.05) is 28.5 Å². The Hall–Kier alpha value is -2.73. The molecule has 116 valence electrons. The first-order valence-electron chi connectivity index (χ1n) is 6.99. The molecule has 2 heterocycles. The SMILES string of the molecule is COc1ccc(-c2nc(C(=O)Nc3ccnc(C)c3)cs2)cc1. The predicted octanol–water partition coefficient (Wildman–Crippen LogP) is 3.77. The molecular formula is C17H15N3O2S.